The Morgan fingerprint density at radius 3 is 2.87 bits per heavy atom. The largest absolute Gasteiger partial charge is 0.497 e. The lowest BCUT2D eigenvalue weighted by Crippen LogP contribution is -1.87. The summed E-state index contributed by atoms with van der Waals surface area (Å²) in [5, 5.41) is 2.67. The van der Waals surface area contributed by atoms with Crippen LogP contribution in [0.25, 0.3) is 11.3 Å². The molecule has 0 amide bonds. The maximum atomic E-state index is 6.10. The van der Waals surface area contributed by atoms with Gasteiger partial charge in [0.25, 0.3) is 0 Å². The average molecular weight is 240 g/mol. The number of halogens is 1. The summed E-state index contributed by atoms with van der Waals surface area (Å²) in [5.41, 5.74) is 1.86. The molecule has 78 valence electrons. The van der Waals surface area contributed by atoms with Gasteiger partial charge < -0.3 is 4.74 Å². The predicted octanol–water partition coefficient (Wildman–Crippen LogP) is 3.78. The molecule has 0 N–H and O–H groups in total. The molecule has 2 nitrogen and oxygen atoms in total. The third kappa shape index (κ3) is 1.98. The van der Waals surface area contributed by atoms with Gasteiger partial charge in [-0.2, -0.15) is 0 Å². The summed E-state index contributed by atoms with van der Waals surface area (Å²) in [6.45, 7) is 2.03. The second-order valence-electron chi connectivity index (χ2n) is 3.10. The van der Waals surface area contributed by atoms with E-state index in [1.165, 1.54) is 4.88 Å². The number of methoxy groups -OCH3 is 1. The van der Waals surface area contributed by atoms with Crippen LogP contribution in [0.5, 0.6) is 5.75 Å². The minimum absolute atomic E-state index is 0.748. The van der Waals surface area contributed by atoms with E-state index in [2.05, 4.69) is 4.98 Å². The minimum atomic E-state index is 0.748. The van der Waals surface area contributed by atoms with Crippen molar-refractivity contribution in [2.45, 2.75) is 6.92 Å². The Labute approximate surface area is 97.5 Å². The molecule has 2 rings (SSSR count). The normalized spacial score (nSPS) is 10.3. The number of rotatable bonds is 2. The number of aromatic nitrogens is 1. The SMILES string of the molecule is COc1ccnc(-c2c(Cl)csc2C)c1. The topological polar surface area (TPSA) is 22.1 Å². The fourth-order valence-electron chi connectivity index (χ4n) is 1.40. The van der Waals surface area contributed by atoms with E-state index >= 15 is 0 Å². The standard InChI is InChI=1S/C11H10ClNOS/c1-7-11(9(12)6-15-7)10-5-8(14-2)3-4-13-10/h3-6H,1-2H3. The summed E-state index contributed by atoms with van der Waals surface area (Å²) in [6, 6.07) is 3.71. The molecular weight excluding hydrogens is 230 g/mol. The molecule has 2 heterocycles. The summed E-state index contributed by atoms with van der Waals surface area (Å²) in [5.74, 6) is 0.793. The van der Waals surface area contributed by atoms with Gasteiger partial charge in [0.15, 0.2) is 0 Å². The lowest BCUT2D eigenvalue weighted by molar-refractivity contribution is 0.414. The van der Waals surface area contributed by atoms with Crippen LogP contribution >= 0.6 is 22.9 Å². The molecule has 0 aliphatic carbocycles. The summed E-state index contributed by atoms with van der Waals surface area (Å²) in [4.78, 5) is 5.46. The van der Waals surface area contributed by atoms with Crippen molar-refractivity contribution in [3.63, 3.8) is 0 Å². The maximum Gasteiger partial charge on any atom is 0.122 e. The number of hydrogen-bond donors (Lipinski definition) is 0. The third-order valence-corrected chi connectivity index (χ3v) is 3.49. The van der Waals surface area contributed by atoms with Crippen LogP contribution < -0.4 is 4.74 Å². The van der Waals surface area contributed by atoms with Crippen molar-refractivity contribution in [1.82, 2.24) is 4.98 Å². The van der Waals surface area contributed by atoms with Gasteiger partial charge in [0.2, 0.25) is 0 Å². The van der Waals surface area contributed by atoms with E-state index in [9.17, 15) is 0 Å². The van der Waals surface area contributed by atoms with Crippen molar-refractivity contribution in [1.29, 1.82) is 0 Å². The van der Waals surface area contributed by atoms with E-state index in [1.54, 1.807) is 24.6 Å². The number of hydrogen-bond acceptors (Lipinski definition) is 3. The monoisotopic (exact) mass is 239 g/mol. The van der Waals surface area contributed by atoms with Crippen LogP contribution in [-0.4, -0.2) is 12.1 Å². The third-order valence-electron chi connectivity index (χ3n) is 2.15. The number of aryl methyl sites for hydroxylation is 1. The Morgan fingerprint density at radius 2 is 2.27 bits per heavy atom. The van der Waals surface area contributed by atoms with Crippen LogP contribution in [0.2, 0.25) is 5.02 Å². The van der Waals surface area contributed by atoms with Crippen LogP contribution in [0.4, 0.5) is 0 Å². The molecule has 0 saturated carbocycles. The maximum absolute atomic E-state index is 6.10. The Bertz CT molecular complexity index is 462. The van der Waals surface area contributed by atoms with E-state index in [0.717, 1.165) is 22.0 Å². The molecular formula is C11H10ClNOS. The van der Waals surface area contributed by atoms with Crippen molar-refractivity contribution < 1.29 is 4.74 Å². The van der Waals surface area contributed by atoms with Gasteiger partial charge in [-0.1, -0.05) is 11.6 Å². The van der Waals surface area contributed by atoms with Crippen molar-refractivity contribution >= 4 is 22.9 Å². The summed E-state index contributed by atoms with van der Waals surface area (Å²) in [6.07, 6.45) is 1.72. The van der Waals surface area contributed by atoms with E-state index in [-0.39, 0.29) is 0 Å². The van der Waals surface area contributed by atoms with Gasteiger partial charge in [-0.25, -0.2) is 0 Å². The molecule has 0 aliphatic heterocycles. The second-order valence-corrected chi connectivity index (χ2v) is 4.59. The van der Waals surface area contributed by atoms with Gasteiger partial charge in [-0.3, -0.25) is 4.98 Å². The van der Waals surface area contributed by atoms with Crippen LogP contribution in [0.15, 0.2) is 23.7 Å². The molecule has 0 radical (unpaired) electrons. The summed E-state index contributed by atoms with van der Waals surface area (Å²) < 4.78 is 5.15. The van der Waals surface area contributed by atoms with Gasteiger partial charge in [0, 0.05) is 28.1 Å². The molecule has 0 spiro atoms. The van der Waals surface area contributed by atoms with Crippen LogP contribution in [-0.2, 0) is 0 Å². The van der Waals surface area contributed by atoms with Gasteiger partial charge in [-0.05, 0) is 13.0 Å². The molecule has 0 atom stereocenters. The lowest BCUT2D eigenvalue weighted by atomic mass is 10.2. The first-order chi connectivity index (χ1) is 7.22. The zero-order valence-electron chi connectivity index (χ0n) is 8.45. The molecule has 0 saturated heterocycles. The molecule has 4 heteroatoms. The first-order valence-electron chi connectivity index (χ1n) is 4.46. The number of ether oxygens (including phenoxy) is 1. The van der Waals surface area contributed by atoms with Crippen LogP contribution in [0.1, 0.15) is 4.88 Å². The van der Waals surface area contributed by atoms with Gasteiger partial charge in [0.1, 0.15) is 5.75 Å². The van der Waals surface area contributed by atoms with Crippen LogP contribution in [0.3, 0.4) is 0 Å². The van der Waals surface area contributed by atoms with E-state index < -0.39 is 0 Å². The van der Waals surface area contributed by atoms with Crippen molar-refractivity contribution in [2.75, 3.05) is 7.11 Å². The molecule has 0 aromatic carbocycles. The minimum Gasteiger partial charge on any atom is -0.497 e. The Kier molecular flexibility index (Phi) is 2.93. The highest BCUT2D eigenvalue weighted by Crippen LogP contribution is 2.35. The van der Waals surface area contributed by atoms with E-state index in [4.69, 9.17) is 16.3 Å². The highest BCUT2D eigenvalue weighted by Gasteiger charge is 2.10. The summed E-state index contributed by atoms with van der Waals surface area (Å²) in [7, 11) is 1.64. The summed E-state index contributed by atoms with van der Waals surface area (Å²) >= 11 is 7.73. The first kappa shape index (κ1) is 10.5. The van der Waals surface area contributed by atoms with Gasteiger partial charge in [0.05, 0.1) is 17.8 Å². The highest BCUT2D eigenvalue weighted by atomic mass is 35.5. The molecule has 2 aromatic heterocycles. The number of pyridine rings is 1. The second kappa shape index (κ2) is 4.21. The van der Waals surface area contributed by atoms with Crippen LogP contribution in [0, 0.1) is 6.92 Å². The average Bonchev–Trinajstić information content (AvgIpc) is 2.59. The van der Waals surface area contributed by atoms with Crippen molar-refractivity contribution in [2.24, 2.45) is 0 Å². The molecule has 0 fully saturated rings. The van der Waals surface area contributed by atoms with Gasteiger partial charge >= 0.3 is 0 Å². The lowest BCUT2D eigenvalue weighted by Gasteiger charge is -2.03. The Balaban J connectivity index is 2.53. The zero-order valence-corrected chi connectivity index (χ0v) is 10.0. The van der Waals surface area contributed by atoms with Crippen molar-refractivity contribution in [3.8, 4) is 17.0 Å². The van der Waals surface area contributed by atoms with E-state index in [0.29, 0.717) is 0 Å². The van der Waals surface area contributed by atoms with Crippen molar-refractivity contribution in [3.05, 3.63) is 33.6 Å². The molecule has 2 aromatic rings. The predicted molar refractivity (Wildman–Crippen MR) is 63.8 cm³/mol. The molecule has 0 unspecified atom stereocenters. The number of nitrogens with zero attached hydrogens (tertiary/aromatic N) is 1. The molecule has 0 bridgehead atoms. The van der Waals surface area contributed by atoms with E-state index in [1.807, 2.05) is 24.4 Å². The Morgan fingerprint density at radius 1 is 1.47 bits per heavy atom. The first-order valence-corrected chi connectivity index (χ1v) is 5.72. The zero-order chi connectivity index (χ0) is 10.8. The molecule has 0 aliphatic rings. The van der Waals surface area contributed by atoms with Gasteiger partial charge in [-0.15, -0.1) is 11.3 Å². The Hall–Kier alpha value is -1.06. The highest BCUT2D eigenvalue weighted by molar-refractivity contribution is 7.11. The number of thiophene rings is 1. The quantitative estimate of drug-likeness (QED) is 0.796. The smallest absolute Gasteiger partial charge is 0.122 e. The fourth-order valence-corrected chi connectivity index (χ4v) is 2.56. The molecule has 15 heavy (non-hydrogen) atoms. The fraction of sp³-hybridized carbons (Fsp3) is 0.182.